The summed E-state index contributed by atoms with van der Waals surface area (Å²) < 4.78 is 0. The number of nitrogens with zero attached hydrogens (tertiary/aromatic N) is 1. The number of hydrogen-bond donors (Lipinski definition) is 1. The first kappa shape index (κ1) is 13.0. The van der Waals surface area contributed by atoms with Crippen LogP contribution >= 0.6 is 35.0 Å². The first-order valence-corrected chi connectivity index (χ1v) is 7.27. The molecule has 1 aliphatic rings. The van der Waals surface area contributed by atoms with Crippen LogP contribution in [0.15, 0.2) is 12.3 Å². The molecule has 3 nitrogen and oxygen atoms in total. The smallest absolute Gasteiger partial charge is 0.253 e. The average molecular weight is 291 g/mol. The third kappa shape index (κ3) is 3.50. The number of carbonyl (C=O) groups is 1. The Morgan fingerprint density at radius 1 is 1.53 bits per heavy atom. The van der Waals surface area contributed by atoms with E-state index in [0.29, 0.717) is 10.6 Å². The van der Waals surface area contributed by atoms with Crippen molar-refractivity contribution < 1.29 is 4.79 Å². The van der Waals surface area contributed by atoms with Gasteiger partial charge in [0, 0.05) is 18.0 Å². The molecule has 1 unspecified atom stereocenters. The van der Waals surface area contributed by atoms with E-state index in [-0.39, 0.29) is 17.1 Å². The minimum absolute atomic E-state index is 0.136. The van der Waals surface area contributed by atoms with Crippen molar-refractivity contribution in [3.05, 3.63) is 28.0 Å². The van der Waals surface area contributed by atoms with E-state index in [4.69, 9.17) is 23.2 Å². The summed E-state index contributed by atoms with van der Waals surface area (Å²) in [5.74, 6) is 2.02. The number of pyridine rings is 1. The van der Waals surface area contributed by atoms with Gasteiger partial charge in [-0.1, -0.05) is 23.2 Å². The Labute approximate surface area is 114 Å². The van der Waals surface area contributed by atoms with Gasteiger partial charge in [-0.3, -0.25) is 4.79 Å². The van der Waals surface area contributed by atoms with Crippen molar-refractivity contribution in [2.75, 3.05) is 11.5 Å². The molecule has 0 bridgehead atoms. The molecule has 1 aromatic heterocycles. The summed E-state index contributed by atoms with van der Waals surface area (Å²) in [5.41, 5.74) is 0.454. The van der Waals surface area contributed by atoms with Gasteiger partial charge in [-0.05, 0) is 24.7 Å². The van der Waals surface area contributed by atoms with Crippen LogP contribution in [0, 0.1) is 0 Å². The van der Waals surface area contributed by atoms with Gasteiger partial charge in [-0.2, -0.15) is 11.8 Å². The van der Waals surface area contributed by atoms with Gasteiger partial charge in [-0.25, -0.2) is 4.98 Å². The van der Waals surface area contributed by atoms with Crippen LogP contribution in [-0.4, -0.2) is 28.4 Å². The fraction of sp³-hybridized carbons (Fsp3) is 0.455. The summed E-state index contributed by atoms with van der Waals surface area (Å²) in [6.45, 7) is 0. The van der Waals surface area contributed by atoms with E-state index in [1.807, 2.05) is 11.8 Å². The number of aromatic nitrogens is 1. The van der Waals surface area contributed by atoms with Crippen LogP contribution in [0.1, 0.15) is 23.2 Å². The molecule has 0 radical (unpaired) electrons. The summed E-state index contributed by atoms with van der Waals surface area (Å²) in [5, 5.41) is 3.50. The van der Waals surface area contributed by atoms with Gasteiger partial charge in [-0.15, -0.1) is 0 Å². The molecule has 1 atom stereocenters. The molecule has 92 valence electrons. The van der Waals surface area contributed by atoms with Gasteiger partial charge in [0.25, 0.3) is 5.91 Å². The third-order valence-electron chi connectivity index (χ3n) is 2.55. The van der Waals surface area contributed by atoms with E-state index in [2.05, 4.69) is 10.3 Å². The molecule has 1 aromatic rings. The van der Waals surface area contributed by atoms with Crippen LogP contribution in [0.3, 0.4) is 0 Å². The molecule has 0 spiro atoms. The molecule has 0 saturated carbocycles. The zero-order valence-corrected chi connectivity index (χ0v) is 11.4. The lowest BCUT2D eigenvalue weighted by molar-refractivity contribution is 0.0938. The number of rotatable bonds is 2. The van der Waals surface area contributed by atoms with E-state index < -0.39 is 0 Å². The van der Waals surface area contributed by atoms with E-state index in [0.717, 1.165) is 18.6 Å². The van der Waals surface area contributed by atoms with E-state index in [9.17, 15) is 4.79 Å². The lowest BCUT2D eigenvalue weighted by Crippen LogP contribution is -2.38. The lowest BCUT2D eigenvalue weighted by Gasteiger charge is -2.22. The monoisotopic (exact) mass is 290 g/mol. The van der Waals surface area contributed by atoms with Crippen molar-refractivity contribution in [2.24, 2.45) is 0 Å². The number of amides is 1. The van der Waals surface area contributed by atoms with Gasteiger partial charge in [0.2, 0.25) is 0 Å². The Kier molecular flexibility index (Phi) is 4.54. The third-order valence-corrected chi connectivity index (χ3v) is 4.46. The topological polar surface area (TPSA) is 42.0 Å². The number of thioether (sulfide) groups is 1. The molecule has 6 heteroatoms. The average Bonchev–Trinajstić information content (AvgIpc) is 2.34. The second-order valence-corrected chi connectivity index (χ2v) is 5.80. The Balaban J connectivity index is 2.01. The maximum atomic E-state index is 11.9. The second kappa shape index (κ2) is 5.94. The highest BCUT2D eigenvalue weighted by molar-refractivity contribution is 7.99. The van der Waals surface area contributed by atoms with E-state index in [1.54, 1.807) is 6.07 Å². The van der Waals surface area contributed by atoms with E-state index >= 15 is 0 Å². The Bertz CT molecular complexity index is 422. The second-order valence-electron chi connectivity index (χ2n) is 3.88. The Morgan fingerprint density at radius 3 is 3.00 bits per heavy atom. The van der Waals surface area contributed by atoms with Gasteiger partial charge in [0.15, 0.2) is 0 Å². The molecule has 1 fully saturated rings. The van der Waals surface area contributed by atoms with Gasteiger partial charge in [0.1, 0.15) is 5.15 Å². The molecule has 1 amide bonds. The van der Waals surface area contributed by atoms with Crippen LogP contribution in [0.25, 0.3) is 0 Å². The molecule has 1 saturated heterocycles. The molecule has 2 heterocycles. The highest BCUT2D eigenvalue weighted by Crippen LogP contribution is 2.21. The number of halogens is 2. The molecule has 17 heavy (non-hydrogen) atoms. The minimum atomic E-state index is -0.136. The molecule has 0 aliphatic carbocycles. The van der Waals surface area contributed by atoms with Crippen molar-refractivity contribution in [3.8, 4) is 0 Å². The standard InChI is InChI=1S/C11H12Cl2N2OS/c12-9-4-7(5-14-10(9)13)11(16)15-8-2-1-3-17-6-8/h4-5,8H,1-3,6H2,(H,15,16). The van der Waals surface area contributed by atoms with Crippen LogP contribution < -0.4 is 5.32 Å². The summed E-state index contributed by atoms with van der Waals surface area (Å²) in [4.78, 5) is 15.8. The highest BCUT2D eigenvalue weighted by atomic mass is 35.5. The Morgan fingerprint density at radius 2 is 2.35 bits per heavy atom. The summed E-state index contributed by atoms with van der Waals surface area (Å²) in [6, 6.07) is 1.79. The number of nitrogens with one attached hydrogen (secondary N) is 1. The fourth-order valence-electron chi connectivity index (χ4n) is 1.67. The number of carbonyl (C=O) groups excluding carboxylic acids is 1. The van der Waals surface area contributed by atoms with Crippen molar-refractivity contribution in [3.63, 3.8) is 0 Å². The van der Waals surface area contributed by atoms with Crippen molar-refractivity contribution >= 4 is 40.9 Å². The van der Waals surface area contributed by atoms with Gasteiger partial charge >= 0.3 is 0 Å². The molecular weight excluding hydrogens is 279 g/mol. The van der Waals surface area contributed by atoms with Crippen LogP contribution in [-0.2, 0) is 0 Å². The summed E-state index contributed by atoms with van der Waals surface area (Å²) in [6.07, 6.45) is 3.63. The predicted molar refractivity (Wildman–Crippen MR) is 72.1 cm³/mol. The maximum absolute atomic E-state index is 11.9. The highest BCUT2D eigenvalue weighted by Gasteiger charge is 2.17. The zero-order valence-electron chi connectivity index (χ0n) is 9.08. The number of hydrogen-bond acceptors (Lipinski definition) is 3. The molecule has 2 rings (SSSR count). The predicted octanol–water partition coefficient (Wildman–Crippen LogP) is 3.01. The molecular formula is C11H12Cl2N2OS. The molecule has 1 N–H and O–H groups in total. The van der Waals surface area contributed by atoms with Crippen molar-refractivity contribution in [1.82, 2.24) is 10.3 Å². The summed E-state index contributed by atoms with van der Waals surface area (Å²) in [7, 11) is 0. The van der Waals surface area contributed by atoms with E-state index in [1.165, 1.54) is 11.9 Å². The van der Waals surface area contributed by atoms with Gasteiger partial charge in [0.05, 0.1) is 10.6 Å². The first-order valence-electron chi connectivity index (χ1n) is 5.36. The lowest BCUT2D eigenvalue weighted by atomic mass is 10.1. The fourth-order valence-corrected chi connectivity index (χ4v) is 3.01. The Hall–Kier alpha value is -0.450. The van der Waals surface area contributed by atoms with Crippen LogP contribution in [0.5, 0.6) is 0 Å². The van der Waals surface area contributed by atoms with Crippen molar-refractivity contribution in [1.29, 1.82) is 0 Å². The largest absolute Gasteiger partial charge is 0.348 e. The maximum Gasteiger partial charge on any atom is 0.253 e. The zero-order chi connectivity index (χ0) is 12.3. The quantitative estimate of drug-likeness (QED) is 0.852. The van der Waals surface area contributed by atoms with Crippen LogP contribution in [0.2, 0.25) is 10.2 Å². The van der Waals surface area contributed by atoms with Crippen molar-refractivity contribution in [2.45, 2.75) is 18.9 Å². The normalized spacial score (nSPS) is 20.0. The van der Waals surface area contributed by atoms with Crippen LogP contribution in [0.4, 0.5) is 0 Å². The molecule has 0 aromatic carbocycles. The molecule has 1 aliphatic heterocycles. The SMILES string of the molecule is O=C(NC1CCCSC1)c1cnc(Cl)c(Cl)c1. The summed E-state index contributed by atoms with van der Waals surface area (Å²) >= 11 is 13.4. The van der Waals surface area contributed by atoms with Gasteiger partial charge < -0.3 is 5.32 Å². The first-order chi connectivity index (χ1) is 8.16. The minimum Gasteiger partial charge on any atom is -0.348 e.